The third kappa shape index (κ3) is 5.82. The lowest BCUT2D eigenvalue weighted by Gasteiger charge is -2.01. The molecule has 6 nitrogen and oxygen atoms in total. The van der Waals surface area contributed by atoms with Crippen LogP contribution in [-0.4, -0.2) is 27.0 Å². The van der Waals surface area contributed by atoms with E-state index in [1.807, 2.05) is 6.92 Å². The van der Waals surface area contributed by atoms with Crippen molar-refractivity contribution in [1.82, 2.24) is 10.2 Å². The number of anilines is 1. The van der Waals surface area contributed by atoms with E-state index in [4.69, 9.17) is 16.7 Å². The van der Waals surface area contributed by atoms with Gasteiger partial charge in [-0.2, -0.15) is 5.10 Å². The van der Waals surface area contributed by atoms with Crippen LogP contribution in [-0.2, 0) is 4.79 Å². The van der Waals surface area contributed by atoms with Gasteiger partial charge in [0.15, 0.2) is 11.0 Å². The van der Waals surface area contributed by atoms with Gasteiger partial charge in [-0.3, -0.25) is 10.2 Å². The van der Waals surface area contributed by atoms with Crippen LogP contribution in [0.2, 0.25) is 5.15 Å². The Bertz CT molecular complexity index is 405. The average Bonchev–Trinajstić information content (AvgIpc) is 2.28. The van der Waals surface area contributed by atoms with E-state index in [1.54, 1.807) is 12.1 Å². The molecular weight excluding hydrogens is 244 g/mol. The minimum Gasteiger partial charge on any atom is -0.481 e. The van der Waals surface area contributed by atoms with E-state index in [0.717, 1.165) is 5.71 Å². The van der Waals surface area contributed by atoms with E-state index in [9.17, 15) is 4.79 Å². The van der Waals surface area contributed by atoms with Crippen LogP contribution in [0.15, 0.2) is 17.2 Å². The minimum atomic E-state index is -0.797. The zero-order valence-electron chi connectivity index (χ0n) is 9.35. The number of hydrogen-bond acceptors (Lipinski definition) is 5. The lowest BCUT2D eigenvalue weighted by atomic mass is 10.2. The molecule has 92 valence electrons. The van der Waals surface area contributed by atoms with Crippen molar-refractivity contribution in [3.63, 3.8) is 0 Å². The molecule has 0 bridgehead atoms. The Morgan fingerprint density at radius 3 is 2.82 bits per heavy atom. The van der Waals surface area contributed by atoms with Crippen LogP contribution in [0, 0.1) is 0 Å². The summed E-state index contributed by atoms with van der Waals surface area (Å²) in [6.07, 6.45) is 1.34. The first-order chi connectivity index (χ1) is 8.08. The number of aliphatic carboxylic acids is 1. The molecule has 0 amide bonds. The largest absolute Gasteiger partial charge is 0.481 e. The van der Waals surface area contributed by atoms with Crippen LogP contribution in [0.25, 0.3) is 0 Å². The van der Waals surface area contributed by atoms with Crippen molar-refractivity contribution in [2.75, 3.05) is 5.43 Å². The second-order valence-electron chi connectivity index (χ2n) is 3.45. The molecule has 0 fully saturated rings. The van der Waals surface area contributed by atoms with Gasteiger partial charge in [0.2, 0.25) is 0 Å². The van der Waals surface area contributed by atoms with Crippen LogP contribution in [0.5, 0.6) is 0 Å². The maximum Gasteiger partial charge on any atom is 0.303 e. The molecule has 0 aliphatic carbocycles. The molecule has 0 spiro atoms. The maximum absolute atomic E-state index is 10.3. The van der Waals surface area contributed by atoms with Crippen molar-refractivity contribution in [3.05, 3.63) is 17.3 Å². The van der Waals surface area contributed by atoms with E-state index in [0.29, 0.717) is 23.8 Å². The van der Waals surface area contributed by atoms with E-state index in [-0.39, 0.29) is 6.42 Å². The number of hydrogen-bond donors (Lipinski definition) is 2. The fourth-order valence-corrected chi connectivity index (χ4v) is 1.18. The first kappa shape index (κ1) is 13.4. The Balaban J connectivity index is 2.36. The van der Waals surface area contributed by atoms with Crippen LogP contribution in [0.3, 0.4) is 0 Å². The number of nitrogens with zero attached hydrogens (tertiary/aromatic N) is 3. The molecule has 1 aromatic heterocycles. The van der Waals surface area contributed by atoms with Crippen molar-refractivity contribution in [3.8, 4) is 0 Å². The predicted octanol–water partition coefficient (Wildman–Crippen LogP) is 2.17. The van der Waals surface area contributed by atoms with Crippen LogP contribution in [0.1, 0.15) is 26.2 Å². The first-order valence-electron chi connectivity index (χ1n) is 5.08. The number of carbonyl (C=O) groups is 1. The van der Waals surface area contributed by atoms with E-state index in [2.05, 4.69) is 20.7 Å². The number of rotatable bonds is 6. The first-order valence-corrected chi connectivity index (χ1v) is 5.46. The van der Waals surface area contributed by atoms with Crippen molar-refractivity contribution in [2.45, 2.75) is 26.2 Å². The minimum absolute atomic E-state index is 0.146. The SMILES string of the molecule is C/C(CCCC(=O)O)=N\Nc1ccc(Cl)nn1. The Morgan fingerprint density at radius 2 is 2.24 bits per heavy atom. The van der Waals surface area contributed by atoms with Gasteiger partial charge in [0.25, 0.3) is 0 Å². The average molecular weight is 257 g/mol. The van der Waals surface area contributed by atoms with Gasteiger partial charge >= 0.3 is 5.97 Å². The standard InChI is InChI=1S/C10H13ClN4O2/c1-7(3-2-4-10(16)17)12-14-9-6-5-8(11)13-15-9/h5-6H,2-4H2,1H3,(H,14,15)(H,16,17)/b12-7+. The summed E-state index contributed by atoms with van der Waals surface area (Å²) in [5.74, 6) is -0.304. The van der Waals surface area contributed by atoms with Gasteiger partial charge in [-0.05, 0) is 31.9 Å². The van der Waals surface area contributed by atoms with Gasteiger partial charge in [0.1, 0.15) is 0 Å². The van der Waals surface area contributed by atoms with Crippen LogP contribution >= 0.6 is 11.6 Å². The molecule has 1 rings (SSSR count). The molecule has 0 unspecified atom stereocenters. The lowest BCUT2D eigenvalue weighted by Crippen LogP contribution is -2.01. The quantitative estimate of drug-likeness (QED) is 0.602. The molecule has 1 heterocycles. The van der Waals surface area contributed by atoms with E-state index >= 15 is 0 Å². The fraction of sp³-hybridized carbons (Fsp3) is 0.400. The summed E-state index contributed by atoms with van der Waals surface area (Å²) in [5.41, 5.74) is 3.53. The summed E-state index contributed by atoms with van der Waals surface area (Å²) in [6, 6.07) is 3.26. The lowest BCUT2D eigenvalue weighted by molar-refractivity contribution is -0.137. The molecule has 0 saturated heterocycles. The Hall–Kier alpha value is -1.69. The maximum atomic E-state index is 10.3. The molecular formula is C10H13ClN4O2. The molecule has 0 aliphatic rings. The van der Waals surface area contributed by atoms with Crippen LogP contribution in [0.4, 0.5) is 5.82 Å². The molecule has 0 saturated carbocycles. The fourth-order valence-electron chi connectivity index (χ4n) is 1.08. The molecule has 7 heteroatoms. The highest BCUT2D eigenvalue weighted by Gasteiger charge is 1.99. The number of carboxylic acid groups (broad SMARTS) is 1. The van der Waals surface area contributed by atoms with Gasteiger partial charge in [-0.15, -0.1) is 10.2 Å². The summed E-state index contributed by atoms with van der Waals surface area (Å²) in [7, 11) is 0. The van der Waals surface area contributed by atoms with E-state index in [1.165, 1.54) is 0 Å². The number of hydrazone groups is 1. The normalized spacial score (nSPS) is 11.3. The summed E-state index contributed by atoms with van der Waals surface area (Å²) in [6.45, 7) is 1.82. The van der Waals surface area contributed by atoms with Gasteiger partial charge in [0, 0.05) is 12.1 Å². The van der Waals surface area contributed by atoms with E-state index < -0.39 is 5.97 Å². The Labute approximate surface area is 104 Å². The summed E-state index contributed by atoms with van der Waals surface area (Å²) in [5, 5.41) is 20.3. The monoisotopic (exact) mass is 256 g/mol. The summed E-state index contributed by atoms with van der Waals surface area (Å²) in [4.78, 5) is 10.3. The van der Waals surface area contributed by atoms with Crippen molar-refractivity contribution < 1.29 is 9.90 Å². The Kier molecular flexibility index (Phi) is 5.35. The van der Waals surface area contributed by atoms with Crippen molar-refractivity contribution in [1.29, 1.82) is 0 Å². The molecule has 2 N–H and O–H groups in total. The molecule has 17 heavy (non-hydrogen) atoms. The second kappa shape index (κ2) is 6.80. The second-order valence-corrected chi connectivity index (χ2v) is 3.83. The zero-order chi connectivity index (χ0) is 12.7. The molecule has 0 atom stereocenters. The Morgan fingerprint density at radius 1 is 1.47 bits per heavy atom. The van der Waals surface area contributed by atoms with Gasteiger partial charge in [-0.25, -0.2) is 0 Å². The zero-order valence-corrected chi connectivity index (χ0v) is 10.1. The molecule has 0 aliphatic heterocycles. The van der Waals surface area contributed by atoms with Crippen LogP contribution < -0.4 is 5.43 Å². The number of carboxylic acids is 1. The third-order valence-corrected chi connectivity index (χ3v) is 2.12. The van der Waals surface area contributed by atoms with Gasteiger partial charge in [-0.1, -0.05) is 11.6 Å². The number of halogens is 1. The highest BCUT2D eigenvalue weighted by molar-refractivity contribution is 6.29. The summed E-state index contributed by atoms with van der Waals surface area (Å²) < 4.78 is 0. The van der Waals surface area contributed by atoms with Crippen molar-refractivity contribution >= 4 is 29.1 Å². The van der Waals surface area contributed by atoms with Crippen molar-refractivity contribution in [2.24, 2.45) is 5.10 Å². The smallest absolute Gasteiger partial charge is 0.303 e. The topological polar surface area (TPSA) is 87.5 Å². The van der Waals surface area contributed by atoms with Gasteiger partial charge in [0.05, 0.1) is 0 Å². The molecule has 1 aromatic rings. The highest BCUT2D eigenvalue weighted by Crippen LogP contribution is 2.06. The third-order valence-electron chi connectivity index (χ3n) is 1.92. The number of nitrogens with one attached hydrogen (secondary N) is 1. The molecule has 0 aromatic carbocycles. The summed E-state index contributed by atoms with van der Waals surface area (Å²) >= 11 is 5.58. The highest BCUT2D eigenvalue weighted by atomic mass is 35.5. The van der Waals surface area contributed by atoms with Gasteiger partial charge < -0.3 is 5.11 Å². The number of aromatic nitrogens is 2. The predicted molar refractivity (Wildman–Crippen MR) is 65.3 cm³/mol. The molecule has 0 radical (unpaired) electrons.